The Morgan fingerprint density at radius 2 is 1.74 bits per heavy atom. The molecular formula is C29H28N2O4. The zero-order chi connectivity index (χ0) is 24.2. The first kappa shape index (κ1) is 22.7. The number of piperidine rings is 1. The van der Waals surface area contributed by atoms with Crippen molar-refractivity contribution in [2.45, 2.75) is 25.8 Å². The van der Waals surface area contributed by atoms with Crippen LogP contribution >= 0.6 is 0 Å². The maximum absolute atomic E-state index is 13.3. The monoisotopic (exact) mass is 468 g/mol. The lowest BCUT2D eigenvalue weighted by molar-refractivity contribution is 0.0724. The predicted octanol–water partition coefficient (Wildman–Crippen LogP) is 5.66. The van der Waals surface area contributed by atoms with Crippen LogP contribution in [-0.2, 0) is 6.54 Å². The predicted molar refractivity (Wildman–Crippen MR) is 136 cm³/mol. The van der Waals surface area contributed by atoms with E-state index >= 15 is 0 Å². The number of amides is 2. The summed E-state index contributed by atoms with van der Waals surface area (Å²) in [6, 6.07) is 22.7. The summed E-state index contributed by atoms with van der Waals surface area (Å²) in [5, 5.41) is 3.82. The third kappa shape index (κ3) is 4.78. The number of fused-ring (bicyclic) bond motifs is 1. The Kier molecular flexibility index (Phi) is 6.53. The molecule has 2 amide bonds. The largest absolute Gasteiger partial charge is 0.497 e. The van der Waals surface area contributed by atoms with E-state index in [-0.39, 0.29) is 24.1 Å². The Hall–Kier alpha value is -4.06. The quantitative estimate of drug-likeness (QED) is 0.396. The van der Waals surface area contributed by atoms with E-state index in [0.717, 1.165) is 48.0 Å². The van der Waals surface area contributed by atoms with Crippen molar-refractivity contribution in [3.63, 3.8) is 0 Å². The van der Waals surface area contributed by atoms with Crippen LogP contribution in [0.2, 0.25) is 0 Å². The smallest absolute Gasteiger partial charge is 0.287 e. The molecule has 1 aliphatic rings. The number of benzene rings is 3. The Balaban J connectivity index is 1.39. The van der Waals surface area contributed by atoms with Crippen LogP contribution in [0.15, 0.2) is 77.2 Å². The third-order valence-electron chi connectivity index (χ3n) is 6.44. The molecule has 0 aliphatic carbocycles. The molecule has 1 aliphatic heterocycles. The molecule has 1 saturated heterocycles. The standard InChI is InChI=1S/C29H28N2O4/c1-34-23-13-14-24-25(18-23)35-27(26(24)21-10-4-2-5-11-21)28(32)30-19-20-9-8-12-22(17-20)29(33)31-15-6-3-7-16-31/h2,4-5,8-14,17-18H,3,6-7,15-16,19H2,1H3,(H,30,32). The van der Waals surface area contributed by atoms with Crippen molar-refractivity contribution in [3.05, 3.63) is 89.7 Å². The molecule has 178 valence electrons. The summed E-state index contributed by atoms with van der Waals surface area (Å²) in [6.45, 7) is 1.90. The molecule has 6 nitrogen and oxygen atoms in total. The lowest BCUT2D eigenvalue weighted by Gasteiger charge is -2.26. The van der Waals surface area contributed by atoms with Gasteiger partial charge in [-0.3, -0.25) is 9.59 Å². The van der Waals surface area contributed by atoms with E-state index in [1.165, 1.54) is 6.42 Å². The number of hydrogen-bond donors (Lipinski definition) is 1. The topological polar surface area (TPSA) is 71.8 Å². The molecule has 0 unspecified atom stereocenters. The van der Waals surface area contributed by atoms with Crippen molar-refractivity contribution in [2.75, 3.05) is 20.2 Å². The Labute approximate surface area is 204 Å². The van der Waals surface area contributed by atoms with E-state index in [1.54, 1.807) is 13.2 Å². The van der Waals surface area contributed by atoms with Gasteiger partial charge in [0.1, 0.15) is 11.3 Å². The zero-order valence-electron chi connectivity index (χ0n) is 19.8. The number of carbonyl (C=O) groups is 2. The molecule has 0 bridgehead atoms. The molecule has 0 atom stereocenters. The summed E-state index contributed by atoms with van der Waals surface area (Å²) < 4.78 is 11.4. The van der Waals surface area contributed by atoms with Gasteiger partial charge in [0.2, 0.25) is 5.76 Å². The minimum atomic E-state index is -0.313. The number of nitrogens with zero attached hydrogens (tertiary/aromatic N) is 1. The molecule has 0 spiro atoms. The van der Waals surface area contributed by atoms with Crippen LogP contribution in [0.1, 0.15) is 45.7 Å². The summed E-state index contributed by atoms with van der Waals surface area (Å²) in [5.74, 6) is 0.648. The number of rotatable bonds is 6. The van der Waals surface area contributed by atoms with Gasteiger partial charge in [0.25, 0.3) is 11.8 Å². The second kappa shape index (κ2) is 10.1. The van der Waals surface area contributed by atoms with Crippen molar-refractivity contribution in [1.29, 1.82) is 0 Å². The first-order valence-corrected chi connectivity index (χ1v) is 12.0. The lowest BCUT2D eigenvalue weighted by Crippen LogP contribution is -2.35. The van der Waals surface area contributed by atoms with Gasteiger partial charge in [-0.1, -0.05) is 42.5 Å². The summed E-state index contributed by atoms with van der Waals surface area (Å²) in [7, 11) is 1.60. The second-order valence-electron chi connectivity index (χ2n) is 8.77. The van der Waals surface area contributed by atoms with Crippen LogP contribution in [0.5, 0.6) is 5.75 Å². The van der Waals surface area contributed by atoms with Crippen LogP contribution < -0.4 is 10.1 Å². The van der Waals surface area contributed by atoms with Crippen LogP contribution in [0.25, 0.3) is 22.1 Å². The molecule has 5 rings (SSSR count). The minimum Gasteiger partial charge on any atom is -0.497 e. The van der Waals surface area contributed by atoms with Crippen molar-refractivity contribution < 1.29 is 18.7 Å². The molecule has 35 heavy (non-hydrogen) atoms. The molecule has 2 heterocycles. The molecule has 1 fully saturated rings. The SMILES string of the molecule is COc1ccc2c(-c3ccccc3)c(C(=O)NCc3cccc(C(=O)N4CCCCC4)c3)oc2c1. The summed E-state index contributed by atoms with van der Waals surface area (Å²) in [4.78, 5) is 28.1. The van der Waals surface area contributed by atoms with Gasteiger partial charge >= 0.3 is 0 Å². The van der Waals surface area contributed by atoms with Crippen LogP contribution in [-0.4, -0.2) is 36.9 Å². The van der Waals surface area contributed by atoms with Crippen molar-refractivity contribution in [1.82, 2.24) is 10.2 Å². The summed E-state index contributed by atoms with van der Waals surface area (Å²) in [6.07, 6.45) is 3.28. The minimum absolute atomic E-state index is 0.0514. The van der Waals surface area contributed by atoms with Gasteiger partial charge in [0.05, 0.1) is 7.11 Å². The van der Waals surface area contributed by atoms with E-state index in [2.05, 4.69) is 5.32 Å². The van der Waals surface area contributed by atoms with Crippen molar-refractivity contribution in [3.8, 4) is 16.9 Å². The van der Waals surface area contributed by atoms with E-state index in [4.69, 9.17) is 9.15 Å². The molecule has 4 aromatic rings. The van der Waals surface area contributed by atoms with Gasteiger partial charge in [0, 0.05) is 42.2 Å². The van der Waals surface area contributed by atoms with Gasteiger partial charge in [-0.2, -0.15) is 0 Å². The van der Waals surface area contributed by atoms with Gasteiger partial charge in [-0.25, -0.2) is 0 Å². The highest BCUT2D eigenvalue weighted by Crippen LogP contribution is 2.36. The van der Waals surface area contributed by atoms with Crippen molar-refractivity contribution >= 4 is 22.8 Å². The molecule has 1 N–H and O–H groups in total. The number of furan rings is 1. The maximum atomic E-state index is 13.3. The number of carbonyl (C=O) groups excluding carboxylic acids is 2. The Bertz CT molecular complexity index is 1350. The normalized spacial score (nSPS) is 13.6. The fourth-order valence-corrected chi connectivity index (χ4v) is 4.61. The number of ether oxygens (including phenoxy) is 1. The molecule has 3 aromatic carbocycles. The first-order chi connectivity index (χ1) is 17.1. The average molecular weight is 469 g/mol. The molecule has 0 saturated carbocycles. The Morgan fingerprint density at radius 1 is 0.943 bits per heavy atom. The first-order valence-electron chi connectivity index (χ1n) is 12.0. The zero-order valence-corrected chi connectivity index (χ0v) is 19.8. The lowest BCUT2D eigenvalue weighted by atomic mass is 10.0. The Morgan fingerprint density at radius 3 is 2.51 bits per heavy atom. The van der Waals surface area contributed by atoms with Crippen LogP contribution in [0.3, 0.4) is 0 Å². The summed E-state index contributed by atoms with van der Waals surface area (Å²) >= 11 is 0. The van der Waals surface area contributed by atoms with E-state index in [0.29, 0.717) is 16.9 Å². The van der Waals surface area contributed by atoms with Gasteiger partial charge in [-0.05, 0) is 54.7 Å². The summed E-state index contributed by atoms with van der Waals surface area (Å²) in [5.41, 5.74) is 3.74. The highest BCUT2D eigenvalue weighted by Gasteiger charge is 2.23. The van der Waals surface area contributed by atoms with Crippen LogP contribution in [0, 0.1) is 0 Å². The third-order valence-corrected chi connectivity index (χ3v) is 6.44. The van der Waals surface area contributed by atoms with Gasteiger partial charge in [-0.15, -0.1) is 0 Å². The van der Waals surface area contributed by atoms with Gasteiger partial charge in [0.15, 0.2) is 0 Å². The molecule has 0 radical (unpaired) electrons. The molecular weight excluding hydrogens is 440 g/mol. The highest BCUT2D eigenvalue weighted by molar-refractivity contribution is 6.08. The van der Waals surface area contributed by atoms with Crippen LogP contribution in [0.4, 0.5) is 0 Å². The number of likely N-dealkylation sites (tertiary alicyclic amines) is 1. The van der Waals surface area contributed by atoms with E-state index in [9.17, 15) is 9.59 Å². The van der Waals surface area contributed by atoms with E-state index in [1.807, 2.05) is 71.6 Å². The van der Waals surface area contributed by atoms with Gasteiger partial charge < -0.3 is 19.4 Å². The molecule has 6 heteroatoms. The average Bonchev–Trinajstić information content (AvgIpc) is 3.31. The second-order valence-corrected chi connectivity index (χ2v) is 8.77. The highest BCUT2D eigenvalue weighted by atomic mass is 16.5. The maximum Gasteiger partial charge on any atom is 0.287 e. The molecule has 1 aromatic heterocycles. The number of nitrogens with one attached hydrogen (secondary N) is 1. The fourth-order valence-electron chi connectivity index (χ4n) is 4.61. The van der Waals surface area contributed by atoms with E-state index < -0.39 is 0 Å². The number of methoxy groups -OCH3 is 1. The van der Waals surface area contributed by atoms with Crippen molar-refractivity contribution in [2.24, 2.45) is 0 Å². The number of hydrogen-bond acceptors (Lipinski definition) is 4. The fraction of sp³-hybridized carbons (Fsp3) is 0.241.